The molecule has 70 valence electrons. The molecule has 0 aliphatic carbocycles. The van der Waals surface area contributed by atoms with Crippen LogP contribution >= 0.6 is 0 Å². The minimum absolute atomic E-state index is 0.567. The Kier molecular flexibility index (Phi) is 3.99. The Morgan fingerprint density at radius 3 is 2.46 bits per heavy atom. The molecule has 0 radical (unpaired) electrons. The molecule has 0 N–H and O–H groups in total. The predicted octanol–water partition coefficient (Wildman–Crippen LogP) is 2.04. The molecule has 0 fully saturated rings. The Morgan fingerprint density at radius 2 is 1.92 bits per heavy atom. The molecular weight excluding hydrogens is 166 g/mol. The fourth-order valence-electron chi connectivity index (χ4n) is 0.891. The highest BCUT2D eigenvalue weighted by molar-refractivity contribution is 5.47. The van der Waals surface area contributed by atoms with Gasteiger partial charge in [0.2, 0.25) is 0 Å². The van der Waals surface area contributed by atoms with Gasteiger partial charge in [-0.15, -0.1) is 0 Å². The van der Waals surface area contributed by atoms with Crippen LogP contribution in [0.15, 0.2) is 29.3 Å². The molecule has 1 rings (SSSR count). The second-order valence-corrected chi connectivity index (χ2v) is 2.49. The van der Waals surface area contributed by atoms with Gasteiger partial charge in [-0.2, -0.15) is 0 Å². The minimum atomic E-state index is 0.567. The number of rotatable bonds is 5. The van der Waals surface area contributed by atoms with Gasteiger partial charge in [-0.25, -0.2) is 0 Å². The molecule has 0 saturated heterocycles. The molecule has 0 amide bonds. The lowest BCUT2D eigenvalue weighted by molar-refractivity contribution is 0.146. The predicted molar refractivity (Wildman–Crippen MR) is 53.0 cm³/mol. The van der Waals surface area contributed by atoms with Gasteiger partial charge in [0.05, 0.1) is 12.3 Å². The van der Waals surface area contributed by atoms with Gasteiger partial charge >= 0.3 is 0 Å². The zero-order valence-corrected chi connectivity index (χ0v) is 7.69. The van der Waals surface area contributed by atoms with Gasteiger partial charge in [-0.1, -0.05) is 0 Å². The summed E-state index contributed by atoms with van der Waals surface area (Å²) in [5, 5.41) is 0. The van der Waals surface area contributed by atoms with Crippen LogP contribution in [-0.2, 0) is 4.74 Å². The molecule has 0 aromatic heterocycles. The first kappa shape index (κ1) is 9.74. The van der Waals surface area contributed by atoms with E-state index >= 15 is 0 Å². The molecule has 0 heterocycles. The average Bonchev–Trinajstić information content (AvgIpc) is 2.19. The summed E-state index contributed by atoms with van der Waals surface area (Å²) in [6, 6.07) is 7.43. The third kappa shape index (κ3) is 3.25. The van der Waals surface area contributed by atoms with Gasteiger partial charge < -0.3 is 9.47 Å². The van der Waals surface area contributed by atoms with E-state index in [2.05, 4.69) is 11.7 Å². The van der Waals surface area contributed by atoms with E-state index < -0.39 is 0 Å². The van der Waals surface area contributed by atoms with Gasteiger partial charge in [-0.3, -0.25) is 4.99 Å². The standard InChI is InChI=1S/C10H13NO2/c1-11-9-3-5-10(6-4-9)13-8-7-12-2/h3-6H,1,7-8H2,2H3. The first-order chi connectivity index (χ1) is 6.36. The summed E-state index contributed by atoms with van der Waals surface area (Å²) in [5.74, 6) is 0.824. The number of hydrogen-bond acceptors (Lipinski definition) is 3. The summed E-state index contributed by atoms with van der Waals surface area (Å²) < 4.78 is 10.2. The molecule has 3 nitrogen and oxygen atoms in total. The van der Waals surface area contributed by atoms with Gasteiger partial charge in [0.25, 0.3) is 0 Å². The number of benzene rings is 1. The van der Waals surface area contributed by atoms with Crippen LogP contribution in [0.2, 0.25) is 0 Å². The molecule has 0 aliphatic rings. The van der Waals surface area contributed by atoms with Crippen LogP contribution in [0.5, 0.6) is 5.75 Å². The lowest BCUT2D eigenvalue weighted by Gasteiger charge is -2.04. The highest BCUT2D eigenvalue weighted by atomic mass is 16.5. The SMILES string of the molecule is C=Nc1ccc(OCCOC)cc1. The largest absolute Gasteiger partial charge is 0.491 e. The average molecular weight is 179 g/mol. The highest BCUT2D eigenvalue weighted by Crippen LogP contribution is 2.16. The van der Waals surface area contributed by atoms with Crippen LogP contribution in [0.1, 0.15) is 0 Å². The second kappa shape index (κ2) is 5.32. The quantitative estimate of drug-likeness (QED) is 0.511. The van der Waals surface area contributed by atoms with Crippen LogP contribution in [0.25, 0.3) is 0 Å². The molecule has 13 heavy (non-hydrogen) atoms. The van der Waals surface area contributed by atoms with Crippen molar-refractivity contribution in [1.29, 1.82) is 0 Å². The third-order valence-corrected chi connectivity index (χ3v) is 1.58. The normalized spacial score (nSPS) is 9.62. The summed E-state index contributed by atoms with van der Waals surface area (Å²) in [7, 11) is 1.65. The molecule has 0 saturated carbocycles. The van der Waals surface area contributed by atoms with E-state index in [1.807, 2.05) is 24.3 Å². The van der Waals surface area contributed by atoms with Gasteiger partial charge in [0.1, 0.15) is 12.4 Å². The maximum atomic E-state index is 5.36. The minimum Gasteiger partial charge on any atom is -0.491 e. The maximum absolute atomic E-state index is 5.36. The molecule has 3 heteroatoms. The van der Waals surface area contributed by atoms with E-state index in [1.54, 1.807) is 7.11 Å². The van der Waals surface area contributed by atoms with E-state index in [1.165, 1.54) is 0 Å². The zero-order chi connectivity index (χ0) is 9.52. The maximum Gasteiger partial charge on any atom is 0.119 e. The lowest BCUT2D eigenvalue weighted by Crippen LogP contribution is -2.03. The molecule has 1 aromatic rings. The van der Waals surface area contributed by atoms with Crippen molar-refractivity contribution in [2.75, 3.05) is 20.3 Å². The monoisotopic (exact) mass is 179 g/mol. The Bertz CT molecular complexity index is 256. The lowest BCUT2D eigenvalue weighted by atomic mass is 10.3. The van der Waals surface area contributed by atoms with Crippen molar-refractivity contribution in [1.82, 2.24) is 0 Å². The summed E-state index contributed by atoms with van der Waals surface area (Å²) in [6.45, 7) is 4.59. The molecule has 0 aliphatic heterocycles. The molecule has 1 aromatic carbocycles. The van der Waals surface area contributed by atoms with Crippen molar-refractivity contribution in [2.45, 2.75) is 0 Å². The number of nitrogens with zero attached hydrogens (tertiary/aromatic N) is 1. The summed E-state index contributed by atoms with van der Waals surface area (Å²) in [6.07, 6.45) is 0. The van der Waals surface area contributed by atoms with E-state index in [0.717, 1.165) is 11.4 Å². The molecular formula is C10H13NO2. The van der Waals surface area contributed by atoms with Gasteiger partial charge in [-0.05, 0) is 31.0 Å². The first-order valence-corrected chi connectivity index (χ1v) is 4.05. The molecule has 0 spiro atoms. The van der Waals surface area contributed by atoms with Crippen molar-refractivity contribution in [3.05, 3.63) is 24.3 Å². The second-order valence-electron chi connectivity index (χ2n) is 2.49. The third-order valence-electron chi connectivity index (χ3n) is 1.58. The topological polar surface area (TPSA) is 30.8 Å². The van der Waals surface area contributed by atoms with Crippen molar-refractivity contribution in [3.8, 4) is 5.75 Å². The number of ether oxygens (including phenoxy) is 2. The summed E-state index contributed by atoms with van der Waals surface area (Å²) in [5.41, 5.74) is 0.846. The molecule has 0 bridgehead atoms. The Morgan fingerprint density at radius 1 is 1.23 bits per heavy atom. The van der Waals surface area contributed by atoms with Crippen LogP contribution in [0.4, 0.5) is 5.69 Å². The van der Waals surface area contributed by atoms with Crippen LogP contribution in [0.3, 0.4) is 0 Å². The first-order valence-electron chi connectivity index (χ1n) is 4.05. The van der Waals surface area contributed by atoms with Gasteiger partial charge in [0.15, 0.2) is 0 Å². The number of hydrogen-bond donors (Lipinski definition) is 0. The number of aliphatic imine (C=N–C) groups is 1. The van der Waals surface area contributed by atoms with E-state index in [0.29, 0.717) is 13.2 Å². The Hall–Kier alpha value is -1.35. The molecule has 0 unspecified atom stereocenters. The number of methoxy groups -OCH3 is 1. The highest BCUT2D eigenvalue weighted by Gasteiger charge is 1.92. The van der Waals surface area contributed by atoms with Crippen LogP contribution < -0.4 is 4.74 Å². The zero-order valence-electron chi connectivity index (χ0n) is 7.69. The fraction of sp³-hybridized carbons (Fsp3) is 0.300. The van der Waals surface area contributed by atoms with Crippen LogP contribution in [-0.4, -0.2) is 27.0 Å². The Labute approximate surface area is 78.0 Å². The Balaban J connectivity index is 2.44. The van der Waals surface area contributed by atoms with Crippen molar-refractivity contribution in [2.24, 2.45) is 4.99 Å². The smallest absolute Gasteiger partial charge is 0.119 e. The van der Waals surface area contributed by atoms with Crippen molar-refractivity contribution in [3.63, 3.8) is 0 Å². The van der Waals surface area contributed by atoms with Gasteiger partial charge in [0, 0.05) is 7.11 Å². The van der Waals surface area contributed by atoms with E-state index in [4.69, 9.17) is 9.47 Å². The molecule has 0 atom stereocenters. The van der Waals surface area contributed by atoms with E-state index in [9.17, 15) is 0 Å². The van der Waals surface area contributed by atoms with Crippen molar-refractivity contribution < 1.29 is 9.47 Å². The fourth-order valence-corrected chi connectivity index (χ4v) is 0.891. The van der Waals surface area contributed by atoms with Crippen LogP contribution in [0, 0.1) is 0 Å². The van der Waals surface area contributed by atoms with E-state index in [-0.39, 0.29) is 0 Å². The summed E-state index contributed by atoms with van der Waals surface area (Å²) >= 11 is 0. The summed E-state index contributed by atoms with van der Waals surface area (Å²) in [4.78, 5) is 3.78. The van der Waals surface area contributed by atoms with Crippen molar-refractivity contribution >= 4 is 12.4 Å².